The number of aryl methyl sites for hydroxylation is 1. The Labute approximate surface area is 115 Å². The van der Waals surface area contributed by atoms with Crippen molar-refractivity contribution in [3.63, 3.8) is 0 Å². The van der Waals surface area contributed by atoms with Gasteiger partial charge in [-0.15, -0.1) is 21.5 Å². The van der Waals surface area contributed by atoms with Gasteiger partial charge in [0, 0.05) is 23.7 Å². The van der Waals surface area contributed by atoms with E-state index in [1.165, 1.54) is 0 Å². The molecule has 0 aliphatic carbocycles. The molecule has 0 fully saturated rings. The van der Waals surface area contributed by atoms with E-state index >= 15 is 0 Å². The van der Waals surface area contributed by atoms with E-state index in [0.717, 1.165) is 29.3 Å². The lowest BCUT2D eigenvalue weighted by Gasteiger charge is -2.06. The Morgan fingerprint density at radius 1 is 1.26 bits per heavy atom. The first-order chi connectivity index (χ1) is 9.33. The van der Waals surface area contributed by atoms with Crippen LogP contribution in [-0.2, 0) is 13.6 Å². The molecule has 1 aromatic carbocycles. The number of hydrogen-bond acceptors (Lipinski definition) is 5. The predicted octanol–water partition coefficient (Wildman–Crippen LogP) is 2.55. The third-order valence-electron chi connectivity index (χ3n) is 2.81. The smallest absolute Gasteiger partial charge is 0.163 e. The number of hydrogen-bond donors (Lipinski definition) is 1. The van der Waals surface area contributed by atoms with Gasteiger partial charge in [0.2, 0.25) is 0 Å². The van der Waals surface area contributed by atoms with Gasteiger partial charge in [-0.25, -0.2) is 4.98 Å². The molecule has 0 saturated carbocycles. The molecule has 0 bridgehead atoms. The molecule has 0 spiro atoms. The highest BCUT2D eigenvalue weighted by Crippen LogP contribution is 2.19. The van der Waals surface area contributed by atoms with Crippen molar-refractivity contribution in [2.45, 2.75) is 6.54 Å². The zero-order valence-electron chi connectivity index (χ0n) is 10.4. The van der Waals surface area contributed by atoms with Gasteiger partial charge in [0.15, 0.2) is 5.82 Å². The first-order valence-corrected chi connectivity index (χ1v) is 6.82. The van der Waals surface area contributed by atoms with Gasteiger partial charge in [0.25, 0.3) is 0 Å². The Hall–Kier alpha value is -2.21. The topological polar surface area (TPSA) is 55.6 Å². The highest BCUT2D eigenvalue weighted by molar-refractivity contribution is 7.07. The molecule has 96 valence electrons. The Morgan fingerprint density at radius 3 is 2.74 bits per heavy atom. The van der Waals surface area contributed by atoms with Crippen LogP contribution < -0.4 is 5.32 Å². The molecule has 19 heavy (non-hydrogen) atoms. The molecule has 5 nitrogen and oxygen atoms in total. The van der Waals surface area contributed by atoms with Crippen LogP contribution in [-0.4, -0.2) is 19.7 Å². The fourth-order valence-corrected chi connectivity index (χ4v) is 2.36. The van der Waals surface area contributed by atoms with E-state index in [-0.39, 0.29) is 0 Å². The summed E-state index contributed by atoms with van der Waals surface area (Å²) in [7, 11) is 1.93. The van der Waals surface area contributed by atoms with Crippen molar-refractivity contribution in [3.8, 4) is 11.4 Å². The lowest BCUT2D eigenvalue weighted by atomic mass is 10.2. The maximum atomic E-state index is 4.24. The molecule has 0 aliphatic heterocycles. The zero-order valence-corrected chi connectivity index (χ0v) is 11.3. The third kappa shape index (κ3) is 2.63. The minimum Gasteiger partial charge on any atom is -0.379 e. The second kappa shape index (κ2) is 5.19. The first kappa shape index (κ1) is 11.9. The molecule has 6 heteroatoms. The fraction of sp³-hybridized carbons (Fsp3) is 0.154. The quantitative estimate of drug-likeness (QED) is 0.792. The summed E-state index contributed by atoms with van der Waals surface area (Å²) in [6.07, 6.45) is 1.70. The number of benzene rings is 1. The van der Waals surface area contributed by atoms with Crippen molar-refractivity contribution >= 4 is 17.0 Å². The summed E-state index contributed by atoms with van der Waals surface area (Å²) in [5.74, 6) is 0.867. The minimum atomic E-state index is 0.743. The van der Waals surface area contributed by atoms with Crippen LogP contribution in [0.5, 0.6) is 0 Å². The molecule has 0 unspecified atom stereocenters. The van der Waals surface area contributed by atoms with Crippen LogP contribution in [0.2, 0.25) is 0 Å². The van der Waals surface area contributed by atoms with E-state index in [0.29, 0.717) is 0 Å². The SMILES string of the molecule is Cn1cnnc1-c1ccc(NCc2cscn2)cc1. The van der Waals surface area contributed by atoms with Crippen LogP contribution in [0.15, 0.2) is 41.5 Å². The molecule has 3 aromatic rings. The largest absolute Gasteiger partial charge is 0.379 e. The van der Waals surface area contributed by atoms with Gasteiger partial charge in [0.05, 0.1) is 17.7 Å². The Kier molecular flexibility index (Phi) is 3.24. The summed E-state index contributed by atoms with van der Waals surface area (Å²) in [5, 5.41) is 13.3. The van der Waals surface area contributed by atoms with Gasteiger partial charge < -0.3 is 9.88 Å². The molecule has 0 saturated heterocycles. The lowest BCUT2D eigenvalue weighted by Crippen LogP contribution is -1.99. The van der Waals surface area contributed by atoms with Crippen molar-refractivity contribution < 1.29 is 0 Å². The maximum Gasteiger partial charge on any atom is 0.163 e. The summed E-state index contributed by atoms with van der Waals surface area (Å²) < 4.78 is 1.90. The molecular weight excluding hydrogens is 258 g/mol. The van der Waals surface area contributed by atoms with Crippen molar-refractivity contribution in [2.24, 2.45) is 7.05 Å². The van der Waals surface area contributed by atoms with Gasteiger partial charge in [0.1, 0.15) is 6.33 Å². The van der Waals surface area contributed by atoms with E-state index in [1.54, 1.807) is 17.7 Å². The van der Waals surface area contributed by atoms with Gasteiger partial charge >= 0.3 is 0 Å². The molecule has 2 aromatic heterocycles. The fourth-order valence-electron chi connectivity index (χ4n) is 1.80. The first-order valence-electron chi connectivity index (χ1n) is 5.88. The summed E-state index contributed by atoms with van der Waals surface area (Å²) >= 11 is 1.61. The normalized spacial score (nSPS) is 10.6. The molecule has 2 heterocycles. The summed E-state index contributed by atoms with van der Waals surface area (Å²) in [4.78, 5) is 4.24. The summed E-state index contributed by atoms with van der Waals surface area (Å²) in [6.45, 7) is 0.743. The van der Waals surface area contributed by atoms with Crippen LogP contribution in [0, 0.1) is 0 Å². The molecule has 3 rings (SSSR count). The number of anilines is 1. The number of nitrogens with one attached hydrogen (secondary N) is 1. The average Bonchev–Trinajstić information content (AvgIpc) is 3.08. The van der Waals surface area contributed by atoms with Gasteiger partial charge in [-0.2, -0.15) is 0 Å². The molecule has 1 N–H and O–H groups in total. The van der Waals surface area contributed by atoms with Crippen LogP contribution in [0.3, 0.4) is 0 Å². The van der Waals surface area contributed by atoms with Crippen LogP contribution in [0.1, 0.15) is 5.69 Å². The van der Waals surface area contributed by atoms with Gasteiger partial charge in [-0.1, -0.05) is 0 Å². The highest BCUT2D eigenvalue weighted by atomic mass is 32.1. The average molecular weight is 271 g/mol. The standard InChI is InChI=1S/C13H13N5S/c1-18-8-16-17-13(18)10-2-4-11(5-3-10)14-6-12-7-19-9-15-12/h2-5,7-9,14H,6H2,1H3. The van der Waals surface area contributed by atoms with Gasteiger partial charge in [-0.05, 0) is 24.3 Å². The molecule has 0 atom stereocenters. The van der Waals surface area contributed by atoms with Crippen LogP contribution >= 0.6 is 11.3 Å². The van der Waals surface area contributed by atoms with Crippen LogP contribution in [0.25, 0.3) is 11.4 Å². The Balaban J connectivity index is 1.71. The van der Waals surface area contributed by atoms with E-state index in [9.17, 15) is 0 Å². The monoisotopic (exact) mass is 271 g/mol. The maximum absolute atomic E-state index is 4.24. The minimum absolute atomic E-state index is 0.743. The third-order valence-corrected chi connectivity index (χ3v) is 3.45. The van der Waals surface area contributed by atoms with Crippen molar-refractivity contribution in [3.05, 3.63) is 47.2 Å². The Morgan fingerprint density at radius 2 is 2.11 bits per heavy atom. The molecule has 0 radical (unpaired) electrons. The van der Waals surface area contributed by atoms with E-state index < -0.39 is 0 Å². The Bertz CT molecular complexity index is 642. The summed E-state index contributed by atoms with van der Waals surface area (Å²) in [5.41, 5.74) is 5.02. The lowest BCUT2D eigenvalue weighted by molar-refractivity contribution is 0.920. The number of rotatable bonds is 4. The number of nitrogens with zero attached hydrogens (tertiary/aromatic N) is 4. The highest BCUT2D eigenvalue weighted by Gasteiger charge is 2.04. The second-order valence-corrected chi connectivity index (χ2v) is 4.89. The molecule has 0 aliphatic rings. The zero-order chi connectivity index (χ0) is 13.1. The van der Waals surface area contributed by atoms with Crippen molar-refractivity contribution in [1.29, 1.82) is 0 Å². The molecule has 0 amide bonds. The predicted molar refractivity (Wildman–Crippen MR) is 75.9 cm³/mol. The second-order valence-electron chi connectivity index (χ2n) is 4.18. The molecular formula is C13H13N5S. The van der Waals surface area contributed by atoms with Gasteiger partial charge in [-0.3, -0.25) is 0 Å². The van der Waals surface area contributed by atoms with Crippen LogP contribution in [0.4, 0.5) is 5.69 Å². The number of thiazole rings is 1. The van der Waals surface area contributed by atoms with Crippen molar-refractivity contribution in [1.82, 2.24) is 19.7 Å². The van der Waals surface area contributed by atoms with Crippen molar-refractivity contribution in [2.75, 3.05) is 5.32 Å². The van der Waals surface area contributed by atoms with E-state index in [2.05, 4.69) is 20.5 Å². The number of aromatic nitrogens is 4. The van der Waals surface area contributed by atoms with E-state index in [4.69, 9.17) is 0 Å². The van der Waals surface area contributed by atoms with E-state index in [1.807, 2.05) is 46.8 Å². The summed E-state index contributed by atoms with van der Waals surface area (Å²) in [6, 6.07) is 8.15.